The lowest BCUT2D eigenvalue weighted by Gasteiger charge is -2.19. The molecule has 2 aromatic rings. The van der Waals surface area contributed by atoms with Crippen LogP contribution in [0.2, 0.25) is 0 Å². The summed E-state index contributed by atoms with van der Waals surface area (Å²) in [6.45, 7) is 1.80. The summed E-state index contributed by atoms with van der Waals surface area (Å²) >= 11 is 1.66. The fourth-order valence-electron chi connectivity index (χ4n) is 1.50. The lowest BCUT2D eigenvalue weighted by atomic mass is 9.95. The molecule has 1 aromatic carbocycles. The summed E-state index contributed by atoms with van der Waals surface area (Å²) in [4.78, 5) is 1.15. The van der Waals surface area contributed by atoms with E-state index >= 15 is 0 Å². The van der Waals surface area contributed by atoms with Crippen LogP contribution >= 0.6 is 11.3 Å². The van der Waals surface area contributed by atoms with Crippen LogP contribution in [0.15, 0.2) is 53.9 Å². The minimum atomic E-state index is -0.911. The third kappa shape index (κ3) is 2.60. The molecule has 0 aliphatic heterocycles. The molecule has 0 amide bonds. The standard InChI is InChI=1S/C14H14OS/c1-14(15,12-6-3-2-4-7-12)10-9-13-8-5-11-16-13/h2-11,15H,1H3/b10-9+. The van der Waals surface area contributed by atoms with Crippen LogP contribution in [0.25, 0.3) is 6.08 Å². The van der Waals surface area contributed by atoms with Gasteiger partial charge < -0.3 is 5.11 Å². The molecule has 1 unspecified atom stereocenters. The first-order chi connectivity index (χ1) is 7.68. The maximum absolute atomic E-state index is 10.3. The Morgan fingerprint density at radius 2 is 1.88 bits per heavy atom. The minimum Gasteiger partial charge on any atom is -0.381 e. The number of aliphatic hydroxyl groups is 1. The Kier molecular flexibility index (Phi) is 3.22. The third-order valence-corrected chi connectivity index (χ3v) is 3.31. The van der Waals surface area contributed by atoms with Crippen molar-refractivity contribution >= 4 is 17.4 Å². The maximum atomic E-state index is 10.3. The molecule has 1 N–H and O–H groups in total. The van der Waals surface area contributed by atoms with Crippen molar-refractivity contribution in [3.8, 4) is 0 Å². The van der Waals surface area contributed by atoms with Gasteiger partial charge in [0.1, 0.15) is 5.60 Å². The fourth-order valence-corrected chi connectivity index (χ4v) is 2.12. The molecule has 2 rings (SSSR count). The van der Waals surface area contributed by atoms with Gasteiger partial charge in [0, 0.05) is 4.88 Å². The van der Waals surface area contributed by atoms with Gasteiger partial charge >= 0.3 is 0 Å². The van der Waals surface area contributed by atoms with Crippen molar-refractivity contribution in [2.24, 2.45) is 0 Å². The Morgan fingerprint density at radius 3 is 2.50 bits per heavy atom. The fraction of sp³-hybridized carbons (Fsp3) is 0.143. The number of hydrogen-bond donors (Lipinski definition) is 1. The van der Waals surface area contributed by atoms with Gasteiger partial charge in [-0.1, -0.05) is 36.4 Å². The third-order valence-electron chi connectivity index (χ3n) is 2.47. The van der Waals surface area contributed by atoms with E-state index in [0.717, 1.165) is 10.4 Å². The van der Waals surface area contributed by atoms with Crippen molar-refractivity contribution in [3.63, 3.8) is 0 Å². The van der Waals surface area contributed by atoms with Crippen LogP contribution in [0.1, 0.15) is 17.4 Å². The van der Waals surface area contributed by atoms with Gasteiger partial charge in [-0.25, -0.2) is 0 Å². The second kappa shape index (κ2) is 4.64. The zero-order valence-corrected chi connectivity index (χ0v) is 9.95. The van der Waals surface area contributed by atoms with E-state index in [1.165, 1.54) is 0 Å². The van der Waals surface area contributed by atoms with Crippen LogP contribution in [-0.4, -0.2) is 5.11 Å². The monoisotopic (exact) mass is 230 g/mol. The topological polar surface area (TPSA) is 20.2 Å². The summed E-state index contributed by atoms with van der Waals surface area (Å²) in [5, 5.41) is 12.3. The molecule has 0 spiro atoms. The molecule has 16 heavy (non-hydrogen) atoms. The van der Waals surface area contributed by atoms with Crippen LogP contribution in [0.4, 0.5) is 0 Å². The Balaban J connectivity index is 2.20. The quantitative estimate of drug-likeness (QED) is 0.853. The van der Waals surface area contributed by atoms with Crippen LogP contribution in [0.3, 0.4) is 0 Å². The molecule has 1 aromatic heterocycles. The molecule has 2 heteroatoms. The first-order valence-electron chi connectivity index (χ1n) is 5.19. The first-order valence-corrected chi connectivity index (χ1v) is 6.07. The van der Waals surface area contributed by atoms with Gasteiger partial charge in [0.25, 0.3) is 0 Å². The summed E-state index contributed by atoms with van der Waals surface area (Å²) in [6, 6.07) is 13.7. The highest BCUT2D eigenvalue weighted by Crippen LogP contribution is 2.23. The Morgan fingerprint density at radius 1 is 1.12 bits per heavy atom. The molecule has 0 aliphatic rings. The van der Waals surface area contributed by atoms with Gasteiger partial charge in [0.15, 0.2) is 0 Å². The Bertz CT molecular complexity index is 455. The van der Waals surface area contributed by atoms with Gasteiger partial charge in [0.2, 0.25) is 0 Å². The summed E-state index contributed by atoms with van der Waals surface area (Å²) in [6.07, 6.45) is 3.78. The van der Waals surface area contributed by atoms with Gasteiger partial charge in [-0.15, -0.1) is 11.3 Å². The van der Waals surface area contributed by atoms with Crippen LogP contribution < -0.4 is 0 Å². The molecular weight excluding hydrogens is 216 g/mol. The van der Waals surface area contributed by atoms with Crippen LogP contribution in [-0.2, 0) is 5.60 Å². The minimum absolute atomic E-state index is 0.905. The second-order valence-electron chi connectivity index (χ2n) is 3.86. The SMILES string of the molecule is CC(O)(/C=C/c1cccs1)c1ccccc1. The van der Waals surface area contributed by atoms with E-state index in [0.29, 0.717) is 0 Å². The predicted octanol–water partition coefficient (Wildman–Crippen LogP) is 3.67. The molecule has 0 aliphatic carbocycles. The molecule has 0 radical (unpaired) electrons. The molecule has 0 saturated carbocycles. The predicted molar refractivity (Wildman–Crippen MR) is 69.4 cm³/mol. The molecule has 82 valence electrons. The summed E-state index contributed by atoms with van der Waals surface area (Å²) in [7, 11) is 0. The Labute approximate surface area is 99.7 Å². The highest BCUT2D eigenvalue weighted by Gasteiger charge is 2.18. The van der Waals surface area contributed by atoms with Crippen molar-refractivity contribution in [2.45, 2.75) is 12.5 Å². The smallest absolute Gasteiger partial charge is 0.105 e. The lowest BCUT2D eigenvalue weighted by molar-refractivity contribution is 0.112. The zero-order chi connectivity index (χ0) is 11.4. The normalized spacial score (nSPS) is 15.1. The number of benzene rings is 1. The molecule has 0 fully saturated rings. The average molecular weight is 230 g/mol. The Hall–Kier alpha value is -1.38. The van der Waals surface area contributed by atoms with Gasteiger partial charge in [0.05, 0.1) is 0 Å². The zero-order valence-electron chi connectivity index (χ0n) is 9.13. The molecule has 0 saturated heterocycles. The highest BCUT2D eigenvalue weighted by molar-refractivity contribution is 7.10. The van der Waals surface area contributed by atoms with Crippen LogP contribution in [0.5, 0.6) is 0 Å². The van der Waals surface area contributed by atoms with Crippen molar-refractivity contribution in [3.05, 3.63) is 64.4 Å². The summed E-state index contributed by atoms with van der Waals surface area (Å²) in [5.74, 6) is 0. The number of rotatable bonds is 3. The number of thiophene rings is 1. The number of hydrogen-bond acceptors (Lipinski definition) is 2. The van der Waals surface area contributed by atoms with E-state index in [1.54, 1.807) is 18.3 Å². The largest absolute Gasteiger partial charge is 0.381 e. The molecule has 1 heterocycles. The molecule has 0 bridgehead atoms. The average Bonchev–Trinajstić information content (AvgIpc) is 2.81. The van der Waals surface area contributed by atoms with Crippen molar-refractivity contribution < 1.29 is 5.11 Å². The molecule has 1 nitrogen and oxygen atoms in total. The van der Waals surface area contributed by atoms with Crippen molar-refractivity contribution in [2.75, 3.05) is 0 Å². The van der Waals surface area contributed by atoms with E-state index in [9.17, 15) is 5.11 Å². The lowest BCUT2D eigenvalue weighted by Crippen LogP contribution is -2.17. The van der Waals surface area contributed by atoms with E-state index in [2.05, 4.69) is 0 Å². The van der Waals surface area contributed by atoms with Crippen molar-refractivity contribution in [1.29, 1.82) is 0 Å². The van der Waals surface area contributed by atoms with Crippen molar-refractivity contribution in [1.82, 2.24) is 0 Å². The maximum Gasteiger partial charge on any atom is 0.105 e. The van der Waals surface area contributed by atoms with E-state index in [4.69, 9.17) is 0 Å². The molecular formula is C14H14OS. The van der Waals surface area contributed by atoms with E-state index < -0.39 is 5.60 Å². The summed E-state index contributed by atoms with van der Waals surface area (Å²) < 4.78 is 0. The van der Waals surface area contributed by atoms with Crippen LogP contribution in [0, 0.1) is 0 Å². The van der Waals surface area contributed by atoms with E-state index in [-0.39, 0.29) is 0 Å². The van der Waals surface area contributed by atoms with Gasteiger partial charge in [-0.2, -0.15) is 0 Å². The second-order valence-corrected chi connectivity index (χ2v) is 4.84. The highest BCUT2D eigenvalue weighted by atomic mass is 32.1. The summed E-state index contributed by atoms with van der Waals surface area (Å²) in [5.41, 5.74) is -0.00608. The molecule has 1 atom stereocenters. The van der Waals surface area contributed by atoms with Gasteiger partial charge in [-0.3, -0.25) is 0 Å². The van der Waals surface area contributed by atoms with Gasteiger partial charge in [-0.05, 0) is 36.1 Å². The first kappa shape index (κ1) is 11.1. The van der Waals surface area contributed by atoms with E-state index in [1.807, 2.05) is 60.0 Å².